The Bertz CT molecular complexity index is 577. The second-order valence-electron chi connectivity index (χ2n) is 4.41. The number of aliphatic hydroxyl groups is 1. The van der Waals surface area contributed by atoms with Crippen LogP contribution in [0, 0.1) is 25.5 Å². The molecule has 2 aromatic carbocycles. The molecule has 2 rings (SSSR count). The third kappa shape index (κ3) is 2.27. The number of aryl methyl sites for hydroxylation is 2. The Morgan fingerprint density at radius 3 is 2.44 bits per heavy atom. The van der Waals surface area contributed by atoms with E-state index < -0.39 is 17.7 Å². The van der Waals surface area contributed by atoms with Crippen LogP contribution in [0.15, 0.2) is 36.4 Å². The second kappa shape index (κ2) is 4.86. The van der Waals surface area contributed by atoms with Crippen LogP contribution < -0.4 is 0 Å². The molecule has 2 aromatic rings. The lowest BCUT2D eigenvalue weighted by molar-refractivity contribution is 0.209. The lowest BCUT2D eigenvalue weighted by Gasteiger charge is -2.15. The molecule has 0 aliphatic rings. The number of halogens is 2. The van der Waals surface area contributed by atoms with Gasteiger partial charge < -0.3 is 5.11 Å². The third-order valence-electron chi connectivity index (χ3n) is 2.96. The highest BCUT2D eigenvalue weighted by atomic mass is 19.1. The van der Waals surface area contributed by atoms with Gasteiger partial charge in [0.05, 0.1) is 0 Å². The van der Waals surface area contributed by atoms with Gasteiger partial charge in [-0.2, -0.15) is 0 Å². The van der Waals surface area contributed by atoms with Gasteiger partial charge in [-0.25, -0.2) is 8.78 Å². The summed E-state index contributed by atoms with van der Waals surface area (Å²) in [6.45, 7) is 3.40. The standard InChI is InChI=1S/C15H14F2O/c1-9-6-7-13(16)12(8-9)15(18)11-5-3-4-10(2)14(11)17/h3-8,15,18H,1-2H3. The van der Waals surface area contributed by atoms with Crippen molar-refractivity contribution in [2.45, 2.75) is 20.0 Å². The van der Waals surface area contributed by atoms with E-state index in [0.717, 1.165) is 5.56 Å². The van der Waals surface area contributed by atoms with Crippen LogP contribution in [0.1, 0.15) is 28.4 Å². The first kappa shape index (κ1) is 12.7. The van der Waals surface area contributed by atoms with Gasteiger partial charge in [0.15, 0.2) is 0 Å². The molecule has 0 aliphatic heterocycles. The van der Waals surface area contributed by atoms with Crippen LogP contribution in [0.25, 0.3) is 0 Å². The summed E-state index contributed by atoms with van der Waals surface area (Å²) in [5, 5.41) is 10.1. The molecule has 0 radical (unpaired) electrons. The average Bonchev–Trinajstić information content (AvgIpc) is 2.35. The number of hydrogen-bond donors (Lipinski definition) is 1. The van der Waals surface area contributed by atoms with Crippen LogP contribution in [-0.2, 0) is 0 Å². The Hall–Kier alpha value is -1.74. The number of aliphatic hydroxyl groups excluding tert-OH is 1. The maximum absolute atomic E-state index is 13.9. The first-order chi connectivity index (χ1) is 8.50. The maximum atomic E-state index is 13.9. The Kier molecular flexibility index (Phi) is 3.43. The van der Waals surface area contributed by atoms with Crippen molar-refractivity contribution in [3.05, 3.63) is 70.3 Å². The lowest BCUT2D eigenvalue weighted by Crippen LogP contribution is -2.06. The SMILES string of the molecule is Cc1ccc(F)c(C(O)c2cccc(C)c2F)c1. The van der Waals surface area contributed by atoms with Crippen LogP contribution in [-0.4, -0.2) is 5.11 Å². The zero-order chi connectivity index (χ0) is 13.3. The van der Waals surface area contributed by atoms with Gasteiger partial charge in [-0.15, -0.1) is 0 Å². The largest absolute Gasteiger partial charge is 0.383 e. The molecule has 1 nitrogen and oxygen atoms in total. The molecular formula is C15H14F2O. The minimum atomic E-state index is -1.29. The number of hydrogen-bond acceptors (Lipinski definition) is 1. The van der Waals surface area contributed by atoms with Gasteiger partial charge in [0.1, 0.15) is 17.7 Å². The van der Waals surface area contributed by atoms with Crippen molar-refractivity contribution in [3.63, 3.8) is 0 Å². The van der Waals surface area contributed by atoms with Gasteiger partial charge in [-0.3, -0.25) is 0 Å². The summed E-state index contributed by atoms with van der Waals surface area (Å²) in [6, 6.07) is 9.14. The highest BCUT2D eigenvalue weighted by Crippen LogP contribution is 2.28. The maximum Gasteiger partial charge on any atom is 0.132 e. The van der Waals surface area contributed by atoms with E-state index in [1.165, 1.54) is 18.2 Å². The van der Waals surface area contributed by atoms with Gasteiger partial charge in [-0.05, 0) is 25.5 Å². The summed E-state index contributed by atoms with van der Waals surface area (Å²) in [7, 11) is 0. The molecule has 0 saturated carbocycles. The van der Waals surface area contributed by atoms with Crippen molar-refractivity contribution in [1.29, 1.82) is 0 Å². The van der Waals surface area contributed by atoms with E-state index in [1.54, 1.807) is 32.0 Å². The molecule has 0 spiro atoms. The topological polar surface area (TPSA) is 20.2 Å². The molecule has 1 unspecified atom stereocenters. The minimum absolute atomic E-state index is 0.0968. The van der Waals surface area contributed by atoms with Gasteiger partial charge >= 0.3 is 0 Å². The van der Waals surface area contributed by atoms with Gasteiger partial charge in [0, 0.05) is 11.1 Å². The fourth-order valence-electron chi connectivity index (χ4n) is 1.92. The van der Waals surface area contributed by atoms with Crippen molar-refractivity contribution in [1.82, 2.24) is 0 Å². The summed E-state index contributed by atoms with van der Waals surface area (Å²) >= 11 is 0. The first-order valence-corrected chi connectivity index (χ1v) is 5.70. The highest BCUT2D eigenvalue weighted by Gasteiger charge is 2.19. The molecule has 0 aromatic heterocycles. The zero-order valence-corrected chi connectivity index (χ0v) is 10.2. The van der Waals surface area contributed by atoms with Crippen LogP contribution in [0.3, 0.4) is 0 Å². The lowest BCUT2D eigenvalue weighted by atomic mass is 9.97. The van der Waals surface area contributed by atoms with E-state index in [9.17, 15) is 13.9 Å². The van der Waals surface area contributed by atoms with Crippen LogP contribution in [0.4, 0.5) is 8.78 Å². The Morgan fingerprint density at radius 1 is 1.00 bits per heavy atom. The molecule has 0 aliphatic carbocycles. The quantitative estimate of drug-likeness (QED) is 0.859. The molecule has 3 heteroatoms. The normalized spacial score (nSPS) is 12.5. The fraction of sp³-hybridized carbons (Fsp3) is 0.200. The first-order valence-electron chi connectivity index (χ1n) is 5.70. The van der Waals surface area contributed by atoms with Gasteiger partial charge in [0.25, 0.3) is 0 Å². The van der Waals surface area contributed by atoms with Crippen LogP contribution in [0.2, 0.25) is 0 Å². The summed E-state index contributed by atoms with van der Waals surface area (Å²) in [6.07, 6.45) is -1.29. The van der Waals surface area contributed by atoms with E-state index in [-0.39, 0.29) is 11.1 Å². The summed E-state index contributed by atoms with van der Waals surface area (Å²) in [5.74, 6) is -1.03. The van der Waals surface area contributed by atoms with E-state index in [2.05, 4.69) is 0 Å². The molecule has 0 heterocycles. The summed E-state index contributed by atoms with van der Waals surface area (Å²) in [4.78, 5) is 0. The van der Waals surface area contributed by atoms with Crippen molar-refractivity contribution >= 4 is 0 Å². The predicted octanol–water partition coefficient (Wildman–Crippen LogP) is 3.66. The average molecular weight is 248 g/mol. The number of benzene rings is 2. The van der Waals surface area contributed by atoms with Gasteiger partial charge in [-0.1, -0.05) is 35.9 Å². The monoisotopic (exact) mass is 248 g/mol. The van der Waals surface area contributed by atoms with Crippen molar-refractivity contribution in [2.75, 3.05) is 0 Å². The Balaban J connectivity index is 2.51. The fourth-order valence-corrected chi connectivity index (χ4v) is 1.92. The van der Waals surface area contributed by atoms with Crippen molar-refractivity contribution in [3.8, 4) is 0 Å². The van der Waals surface area contributed by atoms with E-state index in [4.69, 9.17) is 0 Å². The molecule has 0 bridgehead atoms. The molecule has 0 amide bonds. The highest BCUT2D eigenvalue weighted by molar-refractivity contribution is 5.36. The summed E-state index contributed by atoms with van der Waals surface area (Å²) < 4.78 is 27.5. The molecule has 0 saturated heterocycles. The number of rotatable bonds is 2. The molecule has 1 atom stereocenters. The van der Waals surface area contributed by atoms with Gasteiger partial charge in [0.2, 0.25) is 0 Å². The van der Waals surface area contributed by atoms with E-state index >= 15 is 0 Å². The predicted molar refractivity (Wildman–Crippen MR) is 66.3 cm³/mol. The van der Waals surface area contributed by atoms with Crippen molar-refractivity contribution in [2.24, 2.45) is 0 Å². The van der Waals surface area contributed by atoms with Crippen LogP contribution >= 0.6 is 0 Å². The Labute approximate surface area is 105 Å². The molecular weight excluding hydrogens is 234 g/mol. The van der Waals surface area contributed by atoms with E-state index in [1.807, 2.05) is 0 Å². The van der Waals surface area contributed by atoms with Crippen molar-refractivity contribution < 1.29 is 13.9 Å². The molecule has 18 heavy (non-hydrogen) atoms. The molecule has 1 N–H and O–H groups in total. The van der Waals surface area contributed by atoms with Crippen LogP contribution in [0.5, 0.6) is 0 Å². The molecule has 0 fully saturated rings. The minimum Gasteiger partial charge on any atom is -0.383 e. The zero-order valence-electron chi connectivity index (χ0n) is 10.2. The van der Waals surface area contributed by atoms with E-state index in [0.29, 0.717) is 5.56 Å². The smallest absolute Gasteiger partial charge is 0.132 e. The summed E-state index contributed by atoms with van der Waals surface area (Å²) in [5.41, 5.74) is 1.44. The third-order valence-corrected chi connectivity index (χ3v) is 2.96. The Morgan fingerprint density at radius 2 is 1.72 bits per heavy atom. The second-order valence-corrected chi connectivity index (χ2v) is 4.41. The molecule has 94 valence electrons.